The standard InChI is InChI=1S/C9H9ClO4S/c1-6-7(5-11)3-8(14-2)4-9(6)15(10,12)13/h3-5H,1-2H3. The lowest BCUT2D eigenvalue weighted by Gasteiger charge is -2.07. The first-order chi connectivity index (χ1) is 6.90. The number of halogens is 1. The van der Waals surface area contributed by atoms with Crippen LogP contribution in [0, 0.1) is 6.92 Å². The molecule has 0 atom stereocenters. The van der Waals surface area contributed by atoms with Crippen molar-refractivity contribution in [2.45, 2.75) is 11.8 Å². The number of aldehydes is 1. The number of carbonyl (C=O) groups excluding carboxylic acids is 1. The Morgan fingerprint density at radius 3 is 2.40 bits per heavy atom. The third-order valence-corrected chi connectivity index (χ3v) is 3.45. The molecule has 82 valence electrons. The lowest BCUT2D eigenvalue weighted by Crippen LogP contribution is -2.00. The lowest BCUT2D eigenvalue weighted by atomic mass is 10.1. The van der Waals surface area contributed by atoms with Gasteiger partial charge in [0, 0.05) is 22.3 Å². The Kier molecular flexibility index (Phi) is 3.36. The monoisotopic (exact) mass is 248 g/mol. The summed E-state index contributed by atoms with van der Waals surface area (Å²) in [5, 5.41) is 0. The number of carbonyl (C=O) groups is 1. The van der Waals surface area contributed by atoms with E-state index in [1.54, 1.807) is 0 Å². The highest BCUT2D eigenvalue weighted by atomic mass is 35.7. The molecule has 0 aromatic heterocycles. The molecule has 0 bridgehead atoms. The predicted octanol–water partition coefficient (Wildman–Crippen LogP) is 1.74. The molecule has 0 aliphatic heterocycles. The molecule has 0 saturated carbocycles. The minimum Gasteiger partial charge on any atom is -0.497 e. The Morgan fingerprint density at radius 2 is 2.00 bits per heavy atom. The molecule has 15 heavy (non-hydrogen) atoms. The van der Waals surface area contributed by atoms with Gasteiger partial charge in [0.15, 0.2) is 0 Å². The number of benzene rings is 1. The average Bonchev–Trinajstić information content (AvgIpc) is 2.16. The molecule has 0 aliphatic carbocycles. The van der Waals surface area contributed by atoms with Crippen LogP contribution in [0.3, 0.4) is 0 Å². The van der Waals surface area contributed by atoms with Crippen molar-refractivity contribution in [2.75, 3.05) is 7.11 Å². The van der Waals surface area contributed by atoms with Gasteiger partial charge in [-0.3, -0.25) is 4.79 Å². The Balaban J connectivity index is 3.58. The van der Waals surface area contributed by atoms with Gasteiger partial charge in [0.1, 0.15) is 12.0 Å². The van der Waals surface area contributed by atoms with Crippen molar-refractivity contribution >= 4 is 26.0 Å². The summed E-state index contributed by atoms with van der Waals surface area (Å²) in [4.78, 5) is 10.6. The van der Waals surface area contributed by atoms with Crippen molar-refractivity contribution < 1.29 is 17.9 Å². The van der Waals surface area contributed by atoms with Crippen LogP contribution in [0.15, 0.2) is 17.0 Å². The van der Waals surface area contributed by atoms with Crippen LogP contribution in [-0.2, 0) is 9.05 Å². The molecule has 0 amide bonds. The summed E-state index contributed by atoms with van der Waals surface area (Å²) >= 11 is 0. The molecule has 1 aromatic carbocycles. The van der Waals surface area contributed by atoms with Crippen LogP contribution < -0.4 is 4.74 Å². The Labute approximate surface area is 92.2 Å². The quantitative estimate of drug-likeness (QED) is 0.604. The van der Waals surface area contributed by atoms with E-state index in [2.05, 4.69) is 0 Å². The van der Waals surface area contributed by atoms with E-state index in [1.807, 2.05) is 0 Å². The fraction of sp³-hybridized carbons (Fsp3) is 0.222. The van der Waals surface area contributed by atoms with Crippen molar-refractivity contribution in [3.63, 3.8) is 0 Å². The molecule has 0 heterocycles. The minimum atomic E-state index is -3.87. The number of rotatable bonds is 3. The van der Waals surface area contributed by atoms with Crippen molar-refractivity contribution in [3.8, 4) is 5.75 Å². The molecule has 1 aromatic rings. The molecule has 0 unspecified atom stereocenters. The zero-order valence-corrected chi connectivity index (χ0v) is 9.72. The smallest absolute Gasteiger partial charge is 0.261 e. The van der Waals surface area contributed by atoms with E-state index in [9.17, 15) is 13.2 Å². The second kappa shape index (κ2) is 4.20. The fourth-order valence-corrected chi connectivity index (χ4v) is 2.40. The van der Waals surface area contributed by atoms with Gasteiger partial charge in [0.2, 0.25) is 0 Å². The largest absolute Gasteiger partial charge is 0.497 e. The lowest BCUT2D eigenvalue weighted by molar-refractivity contribution is 0.112. The van der Waals surface area contributed by atoms with E-state index in [-0.39, 0.29) is 16.2 Å². The van der Waals surface area contributed by atoms with Crippen LogP contribution in [0.2, 0.25) is 0 Å². The van der Waals surface area contributed by atoms with Crippen LogP contribution in [0.5, 0.6) is 5.75 Å². The summed E-state index contributed by atoms with van der Waals surface area (Å²) in [6, 6.07) is 2.73. The summed E-state index contributed by atoms with van der Waals surface area (Å²) in [7, 11) is 2.74. The van der Waals surface area contributed by atoms with Gasteiger partial charge < -0.3 is 4.74 Å². The van der Waals surface area contributed by atoms with Crippen LogP contribution >= 0.6 is 10.7 Å². The van der Waals surface area contributed by atoms with Gasteiger partial charge in [0.05, 0.1) is 12.0 Å². The maximum Gasteiger partial charge on any atom is 0.261 e. The second-order valence-electron chi connectivity index (χ2n) is 2.90. The van der Waals surface area contributed by atoms with Crippen LogP contribution in [0.1, 0.15) is 15.9 Å². The summed E-state index contributed by atoms with van der Waals surface area (Å²) < 4.78 is 27.2. The first-order valence-corrected chi connectivity index (χ1v) is 6.29. The first-order valence-electron chi connectivity index (χ1n) is 3.98. The third-order valence-electron chi connectivity index (χ3n) is 2.00. The number of hydrogen-bond acceptors (Lipinski definition) is 4. The molecule has 1 rings (SSSR count). The summed E-state index contributed by atoms with van der Waals surface area (Å²) in [5.41, 5.74) is 0.564. The summed E-state index contributed by atoms with van der Waals surface area (Å²) in [6.07, 6.45) is 0.559. The molecule has 0 saturated heterocycles. The van der Waals surface area contributed by atoms with Crippen molar-refractivity contribution in [3.05, 3.63) is 23.3 Å². The molecule has 0 spiro atoms. The molecular formula is C9H9ClO4S. The molecular weight excluding hydrogens is 240 g/mol. The van der Waals surface area contributed by atoms with Crippen molar-refractivity contribution in [2.24, 2.45) is 0 Å². The van der Waals surface area contributed by atoms with Crippen molar-refractivity contribution in [1.29, 1.82) is 0 Å². The first kappa shape index (κ1) is 12.0. The van der Waals surface area contributed by atoms with E-state index in [4.69, 9.17) is 15.4 Å². The van der Waals surface area contributed by atoms with Crippen LogP contribution in [0.4, 0.5) is 0 Å². The van der Waals surface area contributed by atoms with Gasteiger partial charge in [-0.25, -0.2) is 8.42 Å². The summed E-state index contributed by atoms with van der Waals surface area (Å²) in [6.45, 7) is 1.51. The number of ether oxygens (including phenoxy) is 1. The van der Waals surface area contributed by atoms with E-state index in [0.29, 0.717) is 11.8 Å². The van der Waals surface area contributed by atoms with Gasteiger partial charge in [-0.2, -0.15) is 0 Å². The number of methoxy groups -OCH3 is 1. The SMILES string of the molecule is COc1cc(C=O)c(C)c(S(=O)(=O)Cl)c1. The third kappa shape index (κ3) is 2.49. The van der Waals surface area contributed by atoms with Crippen molar-refractivity contribution in [1.82, 2.24) is 0 Å². The molecule has 0 N–H and O–H groups in total. The summed E-state index contributed by atoms with van der Waals surface area (Å²) in [5.74, 6) is 0.280. The zero-order valence-electron chi connectivity index (χ0n) is 8.15. The number of hydrogen-bond donors (Lipinski definition) is 0. The van der Waals surface area contributed by atoms with Gasteiger partial charge in [-0.15, -0.1) is 0 Å². The highest BCUT2D eigenvalue weighted by Gasteiger charge is 2.17. The van der Waals surface area contributed by atoms with Gasteiger partial charge in [0.25, 0.3) is 9.05 Å². The molecule has 0 radical (unpaired) electrons. The fourth-order valence-electron chi connectivity index (χ4n) is 1.18. The Hall–Kier alpha value is -1.07. The van der Waals surface area contributed by atoms with Gasteiger partial charge in [-0.05, 0) is 18.6 Å². The maximum absolute atomic E-state index is 11.2. The Morgan fingerprint density at radius 1 is 1.40 bits per heavy atom. The zero-order chi connectivity index (χ0) is 11.6. The highest BCUT2D eigenvalue weighted by molar-refractivity contribution is 8.13. The van der Waals surface area contributed by atoms with Crippen LogP contribution in [-0.4, -0.2) is 21.8 Å². The van der Waals surface area contributed by atoms with E-state index in [1.165, 1.54) is 26.2 Å². The molecule has 4 nitrogen and oxygen atoms in total. The van der Waals surface area contributed by atoms with E-state index < -0.39 is 9.05 Å². The normalized spacial score (nSPS) is 11.1. The molecule has 0 fully saturated rings. The minimum absolute atomic E-state index is 0.106. The molecule has 6 heteroatoms. The Bertz CT molecular complexity index is 493. The predicted molar refractivity (Wildman–Crippen MR) is 56.2 cm³/mol. The maximum atomic E-state index is 11.2. The van der Waals surface area contributed by atoms with Gasteiger partial charge >= 0.3 is 0 Å². The molecule has 0 aliphatic rings. The average molecular weight is 249 g/mol. The topological polar surface area (TPSA) is 60.4 Å². The highest BCUT2D eigenvalue weighted by Crippen LogP contribution is 2.27. The van der Waals surface area contributed by atoms with Crippen LogP contribution in [0.25, 0.3) is 0 Å². The van der Waals surface area contributed by atoms with Gasteiger partial charge in [-0.1, -0.05) is 0 Å². The van der Waals surface area contributed by atoms with E-state index >= 15 is 0 Å². The second-order valence-corrected chi connectivity index (χ2v) is 5.43. The van der Waals surface area contributed by atoms with E-state index in [0.717, 1.165) is 0 Å².